The fourth-order valence-corrected chi connectivity index (χ4v) is 3.53. The first-order chi connectivity index (χ1) is 5.61. The van der Waals surface area contributed by atoms with Gasteiger partial charge >= 0.3 is 0 Å². The van der Waals surface area contributed by atoms with Gasteiger partial charge in [-0.05, 0) is 46.7 Å². The number of thiophene rings is 1. The highest BCUT2D eigenvalue weighted by Crippen LogP contribution is 2.53. The summed E-state index contributed by atoms with van der Waals surface area (Å²) in [6.45, 7) is 4.45. The summed E-state index contributed by atoms with van der Waals surface area (Å²) >= 11 is 5.23. The van der Waals surface area contributed by atoms with E-state index in [2.05, 4.69) is 29.8 Å². The van der Waals surface area contributed by atoms with Gasteiger partial charge in [0.1, 0.15) is 0 Å². The number of anilines is 1. The van der Waals surface area contributed by atoms with E-state index in [1.54, 1.807) is 11.3 Å². The van der Waals surface area contributed by atoms with Crippen molar-refractivity contribution in [2.24, 2.45) is 5.92 Å². The maximum Gasteiger partial charge on any atom is 0.0933 e. The normalized spacial score (nSPS) is 27.6. The molecule has 2 N–H and O–H groups in total. The lowest BCUT2D eigenvalue weighted by Crippen LogP contribution is -1.90. The lowest BCUT2D eigenvalue weighted by Gasteiger charge is -1.98. The Morgan fingerprint density at radius 2 is 2.17 bits per heavy atom. The number of halogens is 1. The Morgan fingerprint density at radius 1 is 1.58 bits per heavy atom. The van der Waals surface area contributed by atoms with Crippen molar-refractivity contribution in [2.75, 3.05) is 5.73 Å². The van der Waals surface area contributed by atoms with E-state index in [4.69, 9.17) is 5.73 Å². The van der Waals surface area contributed by atoms with Gasteiger partial charge in [-0.15, -0.1) is 11.3 Å². The van der Waals surface area contributed by atoms with Crippen molar-refractivity contribution in [2.45, 2.75) is 26.2 Å². The Morgan fingerprint density at radius 3 is 2.50 bits per heavy atom. The first-order valence-corrected chi connectivity index (χ1v) is 5.76. The molecule has 1 nitrogen and oxygen atoms in total. The minimum absolute atomic E-state index is 0.743. The van der Waals surface area contributed by atoms with Crippen molar-refractivity contribution in [3.8, 4) is 0 Å². The third-order valence-electron chi connectivity index (χ3n) is 2.60. The van der Waals surface area contributed by atoms with E-state index in [0.29, 0.717) is 0 Å². The maximum absolute atomic E-state index is 5.97. The van der Waals surface area contributed by atoms with Crippen LogP contribution >= 0.6 is 27.3 Å². The van der Waals surface area contributed by atoms with Crippen molar-refractivity contribution < 1.29 is 0 Å². The van der Waals surface area contributed by atoms with Crippen molar-refractivity contribution in [3.63, 3.8) is 0 Å². The van der Waals surface area contributed by atoms with Gasteiger partial charge in [0.15, 0.2) is 0 Å². The molecule has 2 rings (SSSR count). The molecule has 1 aromatic rings. The standard InChI is InChI=1S/C9H12BrNS/c1-4-3-6(4)7-5(2)12-9(10)8(7)11/h4,6H,3,11H2,1-2H3. The monoisotopic (exact) mass is 245 g/mol. The van der Waals surface area contributed by atoms with E-state index in [0.717, 1.165) is 21.3 Å². The van der Waals surface area contributed by atoms with E-state index >= 15 is 0 Å². The van der Waals surface area contributed by atoms with Crippen molar-refractivity contribution in [1.82, 2.24) is 0 Å². The predicted octanol–water partition coefficient (Wildman–Crippen LogP) is 3.52. The van der Waals surface area contributed by atoms with Gasteiger partial charge in [-0.3, -0.25) is 0 Å². The fraction of sp³-hybridized carbons (Fsp3) is 0.556. The summed E-state index contributed by atoms with van der Waals surface area (Å²) in [5.74, 6) is 1.58. The summed E-state index contributed by atoms with van der Waals surface area (Å²) < 4.78 is 1.11. The highest BCUT2D eigenvalue weighted by molar-refractivity contribution is 9.11. The minimum atomic E-state index is 0.743. The molecule has 66 valence electrons. The third kappa shape index (κ3) is 1.19. The molecule has 0 bridgehead atoms. The molecule has 0 radical (unpaired) electrons. The number of hydrogen-bond donors (Lipinski definition) is 1. The molecule has 12 heavy (non-hydrogen) atoms. The van der Waals surface area contributed by atoms with E-state index in [9.17, 15) is 0 Å². The molecule has 0 saturated heterocycles. The largest absolute Gasteiger partial charge is 0.397 e. The van der Waals surface area contributed by atoms with E-state index < -0.39 is 0 Å². The summed E-state index contributed by atoms with van der Waals surface area (Å²) in [5.41, 5.74) is 8.35. The SMILES string of the molecule is Cc1sc(Br)c(N)c1C1CC1C. The Kier molecular flexibility index (Phi) is 1.96. The van der Waals surface area contributed by atoms with Crippen LogP contribution in [0.1, 0.15) is 29.7 Å². The molecule has 1 aromatic heterocycles. The van der Waals surface area contributed by atoms with Crippen molar-refractivity contribution >= 4 is 33.0 Å². The van der Waals surface area contributed by atoms with Gasteiger partial charge in [0.2, 0.25) is 0 Å². The summed E-state index contributed by atoms with van der Waals surface area (Å²) in [7, 11) is 0. The second kappa shape index (κ2) is 2.74. The van der Waals surface area contributed by atoms with Crippen LogP contribution < -0.4 is 5.73 Å². The van der Waals surface area contributed by atoms with Gasteiger partial charge in [-0.1, -0.05) is 6.92 Å². The quantitative estimate of drug-likeness (QED) is 0.806. The van der Waals surface area contributed by atoms with Crippen LogP contribution in [-0.2, 0) is 0 Å². The first kappa shape index (κ1) is 8.57. The van der Waals surface area contributed by atoms with Gasteiger partial charge in [0.25, 0.3) is 0 Å². The minimum Gasteiger partial charge on any atom is -0.397 e. The van der Waals surface area contributed by atoms with E-state index in [1.165, 1.54) is 16.9 Å². The van der Waals surface area contributed by atoms with Crippen LogP contribution in [0.25, 0.3) is 0 Å². The van der Waals surface area contributed by atoms with Crippen molar-refractivity contribution in [1.29, 1.82) is 0 Å². The van der Waals surface area contributed by atoms with Gasteiger partial charge in [0.05, 0.1) is 9.47 Å². The Labute approximate surface area is 85.1 Å². The molecule has 2 atom stereocenters. The van der Waals surface area contributed by atoms with Crippen LogP contribution in [0.2, 0.25) is 0 Å². The Balaban J connectivity index is 2.42. The second-order valence-corrected chi connectivity index (χ2v) is 6.12. The van der Waals surface area contributed by atoms with Gasteiger partial charge in [-0.25, -0.2) is 0 Å². The highest BCUT2D eigenvalue weighted by Gasteiger charge is 2.37. The number of nitrogens with two attached hydrogens (primary N) is 1. The number of aryl methyl sites for hydroxylation is 1. The highest BCUT2D eigenvalue weighted by atomic mass is 79.9. The number of rotatable bonds is 1. The molecule has 0 spiro atoms. The molecule has 0 aromatic carbocycles. The first-order valence-electron chi connectivity index (χ1n) is 4.15. The average Bonchev–Trinajstić information content (AvgIpc) is 2.61. The second-order valence-electron chi connectivity index (χ2n) is 3.58. The molecule has 2 unspecified atom stereocenters. The molecule has 1 heterocycles. The van der Waals surface area contributed by atoms with Crippen LogP contribution in [0.15, 0.2) is 3.79 Å². The van der Waals surface area contributed by atoms with Crippen LogP contribution in [0.3, 0.4) is 0 Å². The van der Waals surface area contributed by atoms with Crippen LogP contribution in [-0.4, -0.2) is 0 Å². The summed E-state index contributed by atoms with van der Waals surface area (Å²) in [6, 6.07) is 0. The van der Waals surface area contributed by atoms with E-state index in [1.807, 2.05) is 0 Å². The molecule has 1 aliphatic carbocycles. The predicted molar refractivity (Wildman–Crippen MR) is 57.7 cm³/mol. The molecule has 0 aliphatic heterocycles. The Hall–Kier alpha value is -0.0200. The van der Waals surface area contributed by atoms with Gasteiger partial charge in [0, 0.05) is 4.88 Å². The zero-order valence-electron chi connectivity index (χ0n) is 7.23. The summed E-state index contributed by atoms with van der Waals surface area (Å²) in [6.07, 6.45) is 1.31. The molecule has 1 saturated carbocycles. The molecular formula is C9H12BrNS. The number of hydrogen-bond acceptors (Lipinski definition) is 2. The maximum atomic E-state index is 5.97. The Bertz CT molecular complexity index is 319. The van der Waals surface area contributed by atoms with Crippen LogP contribution in [0.5, 0.6) is 0 Å². The fourth-order valence-electron chi connectivity index (χ4n) is 1.73. The van der Waals surface area contributed by atoms with Crippen molar-refractivity contribution in [3.05, 3.63) is 14.2 Å². The lowest BCUT2D eigenvalue weighted by atomic mass is 10.1. The number of nitrogen functional groups attached to an aromatic ring is 1. The molecule has 0 amide bonds. The summed E-state index contributed by atoms with van der Waals surface area (Å²) in [4.78, 5) is 1.38. The smallest absolute Gasteiger partial charge is 0.0933 e. The average molecular weight is 246 g/mol. The van der Waals surface area contributed by atoms with E-state index in [-0.39, 0.29) is 0 Å². The summed E-state index contributed by atoms with van der Waals surface area (Å²) in [5, 5.41) is 0. The van der Waals surface area contributed by atoms with Crippen LogP contribution in [0.4, 0.5) is 5.69 Å². The molecule has 1 aliphatic rings. The van der Waals surface area contributed by atoms with Crippen LogP contribution in [0, 0.1) is 12.8 Å². The van der Waals surface area contributed by atoms with Gasteiger partial charge < -0.3 is 5.73 Å². The van der Waals surface area contributed by atoms with Gasteiger partial charge in [-0.2, -0.15) is 0 Å². The zero-order valence-corrected chi connectivity index (χ0v) is 9.63. The molecule has 1 fully saturated rings. The lowest BCUT2D eigenvalue weighted by molar-refractivity contribution is 0.915. The molecular weight excluding hydrogens is 234 g/mol. The molecule has 3 heteroatoms. The zero-order chi connectivity index (χ0) is 8.88. The topological polar surface area (TPSA) is 26.0 Å². The third-order valence-corrected chi connectivity index (χ3v) is 4.44.